The first kappa shape index (κ1) is 10.3. The van der Waals surface area contributed by atoms with E-state index in [1.165, 1.54) is 6.07 Å². The summed E-state index contributed by atoms with van der Waals surface area (Å²) in [6, 6.07) is 16.8. The zero-order chi connectivity index (χ0) is 11.4. The van der Waals surface area contributed by atoms with Crippen LogP contribution in [-0.2, 0) is 0 Å². The Morgan fingerprint density at radius 3 is 2.00 bits per heavy atom. The van der Waals surface area contributed by atoms with Gasteiger partial charge in [-0.25, -0.2) is 0 Å². The topological polar surface area (TPSA) is 34.1 Å². The molecule has 0 fully saturated rings. The van der Waals surface area contributed by atoms with Crippen LogP contribution in [0.5, 0.6) is 0 Å². The third-order valence-electron chi connectivity index (χ3n) is 2.28. The number of carbonyl (C=O) groups excluding carboxylic acids is 1. The van der Waals surface area contributed by atoms with Crippen LogP contribution in [0.1, 0.15) is 15.9 Å². The van der Waals surface area contributed by atoms with E-state index in [-0.39, 0.29) is 16.8 Å². The molecule has 2 aromatic rings. The number of benzene rings is 1. The Labute approximate surface area is 93.2 Å². The molecule has 2 rings (SSSR count). The van der Waals surface area contributed by atoms with Crippen LogP contribution in [0, 0.1) is 0 Å². The van der Waals surface area contributed by atoms with Gasteiger partial charge in [-0.2, -0.15) is 0 Å². The summed E-state index contributed by atoms with van der Waals surface area (Å²) in [4.78, 5) is 23.6. The summed E-state index contributed by atoms with van der Waals surface area (Å²) in [5.41, 5.74) is 0.487. The van der Waals surface area contributed by atoms with Crippen molar-refractivity contribution >= 4 is 5.78 Å². The van der Waals surface area contributed by atoms with Gasteiger partial charge in [0.05, 0.1) is 5.56 Å². The summed E-state index contributed by atoms with van der Waals surface area (Å²) >= 11 is 0. The second kappa shape index (κ2) is 4.53. The van der Waals surface area contributed by atoms with Crippen LogP contribution in [0.15, 0.2) is 65.5 Å². The lowest BCUT2D eigenvalue weighted by molar-refractivity contribution is 0.103. The Morgan fingerprint density at radius 2 is 1.31 bits per heavy atom. The zero-order valence-electron chi connectivity index (χ0n) is 8.59. The Bertz CT molecular complexity index is 559. The van der Waals surface area contributed by atoms with Crippen molar-refractivity contribution in [1.82, 2.24) is 0 Å². The smallest absolute Gasteiger partial charge is 0.196 e. The fourth-order valence-corrected chi connectivity index (χ4v) is 1.46. The van der Waals surface area contributed by atoms with Gasteiger partial charge in [0.2, 0.25) is 0 Å². The molecule has 0 amide bonds. The molecule has 0 aliphatic carbocycles. The minimum Gasteiger partial charge on any atom is -0.289 e. The SMILES string of the molecule is O=C(c1ccccc1)c1cccccc1=O. The maximum absolute atomic E-state index is 12.0. The molecule has 0 spiro atoms. The van der Waals surface area contributed by atoms with Crippen molar-refractivity contribution in [3.05, 3.63) is 82.0 Å². The first-order valence-corrected chi connectivity index (χ1v) is 4.98. The van der Waals surface area contributed by atoms with Gasteiger partial charge in [0.15, 0.2) is 11.2 Å². The van der Waals surface area contributed by atoms with Gasteiger partial charge in [-0.15, -0.1) is 0 Å². The molecule has 0 aromatic heterocycles. The molecule has 0 atom stereocenters. The predicted octanol–water partition coefficient (Wildman–Crippen LogP) is 2.28. The van der Waals surface area contributed by atoms with E-state index in [1.54, 1.807) is 48.5 Å². The van der Waals surface area contributed by atoms with E-state index in [4.69, 9.17) is 0 Å². The van der Waals surface area contributed by atoms with Crippen molar-refractivity contribution < 1.29 is 4.79 Å². The van der Waals surface area contributed by atoms with Crippen LogP contribution < -0.4 is 5.43 Å². The monoisotopic (exact) mass is 210 g/mol. The highest BCUT2D eigenvalue weighted by Gasteiger charge is 2.10. The fourth-order valence-electron chi connectivity index (χ4n) is 1.46. The van der Waals surface area contributed by atoms with Gasteiger partial charge in [0.1, 0.15) is 0 Å². The largest absolute Gasteiger partial charge is 0.289 e. The van der Waals surface area contributed by atoms with E-state index in [0.29, 0.717) is 5.56 Å². The second-order valence-corrected chi connectivity index (χ2v) is 3.38. The summed E-state index contributed by atoms with van der Waals surface area (Å²) in [6.45, 7) is 0. The Balaban J connectivity index is 2.52. The van der Waals surface area contributed by atoms with Crippen LogP contribution in [-0.4, -0.2) is 5.78 Å². The highest BCUT2D eigenvalue weighted by molar-refractivity contribution is 6.08. The minimum absolute atomic E-state index is 0.205. The van der Waals surface area contributed by atoms with E-state index < -0.39 is 0 Å². The molecule has 0 radical (unpaired) electrons. The van der Waals surface area contributed by atoms with Gasteiger partial charge < -0.3 is 0 Å². The van der Waals surface area contributed by atoms with Gasteiger partial charge in [-0.1, -0.05) is 48.5 Å². The molecule has 16 heavy (non-hydrogen) atoms. The van der Waals surface area contributed by atoms with Crippen LogP contribution in [0.3, 0.4) is 0 Å². The summed E-state index contributed by atoms with van der Waals surface area (Å²) in [7, 11) is 0. The van der Waals surface area contributed by atoms with E-state index in [2.05, 4.69) is 0 Å². The molecule has 78 valence electrons. The van der Waals surface area contributed by atoms with Gasteiger partial charge in [-0.3, -0.25) is 9.59 Å². The first-order chi connectivity index (χ1) is 7.79. The molecular weight excluding hydrogens is 200 g/mol. The number of ketones is 1. The van der Waals surface area contributed by atoms with Crippen LogP contribution in [0.25, 0.3) is 0 Å². The van der Waals surface area contributed by atoms with Crippen molar-refractivity contribution in [3.63, 3.8) is 0 Å². The third kappa shape index (κ3) is 2.06. The maximum atomic E-state index is 12.0. The van der Waals surface area contributed by atoms with E-state index in [9.17, 15) is 9.59 Å². The lowest BCUT2D eigenvalue weighted by atomic mass is 10.0. The zero-order valence-corrected chi connectivity index (χ0v) is 8.59. The maximum Gasteiger partial charge on any atom is 0.196 e. The van der Waals surface area contributed by atoms with Crippen molar-refractivity contribution in [1.29, 1.82) is 0 Å². The van der Waals surface area contributed by atoms with Crippen LogP contribution >= 0.6 is 0 Å². The number of hydrogen-bond donors (Lipinski definition) is 0. The van der Waals surface area contributed by atoms with E-state index in [0.717, 1.165) is 0 Å². The second-order valence-electron chi connectivity index (χ2n) is 3.38. The summed E-state index contributed by atoms with van der Waals surface area (Å²) in [6.07, 6.45) is 0. The van der Waals surface area contributed by atoms with Crippen LogP contribution in [0.2, 0.25) is 0 Å². The predicted molar refractivity (Wildman–Crippen MR) is 62.6 cm³/mol. The molecule has 0 aliphatic heterocycles. The van der Waals surface area contributed by atoms with E-state index >= 15 is 0 Å². The number of rotatable bonds is 2. The lowest BCUT2D eigenvalue weighted by Crippen LogP contribution is -2.12. The molecule has 2 nitrogen and oxygen atoms in total. The molecule has 0 aliphatic rings. The Kier molecular flexibility index (Phi) is 2.92. The van der Waals surface area contributed by atoms with Crippen LogP contribution in [0.4, 0.5) is 0 Å². The minimum atomic E-state index is -0.251. The van der Waals surface area contributed by atoms with Gasteiger partial charge >= 0.3 is 0 Å². The Hall–Kier alpha value is -2.22. The quantitative estimate of drug-likeness (QED) is 0.712. The molecule has 2 heteroatoms. The van der Waals surface area contributed by atoms with Gasteiger partial charge in [-0.05, 0) is 12.1 Å². The number of carbonyl (C=O) groups is 1. The molecular formula is C14H10O2. The van der Waals surface area contributed by atoms with E-state index in [1.807, 2.05) is 6.07 Å². The average molecular weight is 210 g/mol. The molecule has 0 heterocycles. The molecule has 0 N–H and O–H groups in total. The van der Waals surface area contributed by atoms with Crippen molar-refractivity contribution in [2.24, 2.45) is 0 Å². The highest BCUT2D eigenvalue weighted by atomic mass is 16.1. The van der Waals surface area contributed by atoms with Crippen molar-refractivity contribution in [2.75, 3.05) is 0 Å². The summed E-state index contributed by atoms with van der Waals surface area (Å²) in [5, 5.41) is 0. The number of hydrogen-bond acceptors (Lipinski definition) is 2. The molecule has 0 saturated carbocycles. The summed E-state index contributed by atoms with van der Waals surface area (Å²) < 4.78 is 0. The molecule has 2 aromatic carbocycles. The molecule has 0 unspecified atom stereocenters. The standard InChI is InChI=1S/C14H10O2/c15-13-10-6-2-5-9-12(13)14(16)11-7-3-1-4-8-11/h1-10H. The first-order valence-electron chi connectivity index (χ1n) is 4.98. The lowest BCUT2D eigenvalue weighted by Gasteiger charge is -1.97. The fraction of sp³-hybridized carbons (Fsp3) is 0. The normalized spacial score (nSPS) is 9.75. The van der Waals surface area contributed by atoms with Gasteiger partial charge in [0.25, 0.3) is 0 Å². The molecule has 0 saturated heterocycles. The van der Waals surface area contributed by atoms with Gasteiger partial charge in [0, 0.05) is 5.56 Å². The Morgan fingerprint density at radius 1 is 0.750 bits per heavy atom. The molecule has 0 bridgehead atoms. The van der Waals surface area contributed by atoms with Crippen molar-refractivity contribution in [3.8, 4) is 0 Å². The summed E-state index contributed by atoms with van der Waals surface area (Å²) in [5.74, 6) is -0.234. The average Bonchev–Trinajstić information content (AvgIpc) is 2.54. The third-order valence-corrected chi connectivity index (χ3v) is 2.28. The highest BCUT2D eigenvalue weighted by Crippen LogP contribution is 2.05. The van der Waals surface area contributed by atoms with Crippen molar-refractivity contribution in [2.45, 2.75) is 0 Å².